The van der Waals surface area contributed by atoms with Gasteiger partial charge in [-0.1, -0.05) is 48.0 Å². The molecule has 162 valence electrons. The number of carbonyl (C=O) groups excluding carboxylic acids is 2. The molecule has 0 bridgehead atoms. The van der Waals surface area contributed by atoms with Crippen molar-refractivity contribution in [2.24, 2.45) is 0 Å². The highest BCUT2D eigenvalue weighted by Crippen LogP contribution is 2.28. The lowest BCUT2D eigenvalue weighted by atomic mass is 10.1. The number of carbonyl (C=O) groups is 2. The van der Waals surface area contributed by atoms with Gasteiger partial charge < -0.3 is 10.1 Å². The minimum atomic E-state index is -0.447. The lowest BCUT2D eigenvalue weighted by Crippen LogP contribution is -2.30. The summed E-state index contributed by atoms with van der Waals surface area (Å²) in [7, 11) is 0. The minimum Gasteiger partial charge on any atom is -0.488 e. The van der Waals surface area contributed by atoms with Gasteiger partial charge in [0.05, 0.1) is 11.0 Å². The summed E-state index contributed by atoms with van der Waals surface area (Å²) in [5, 5.41) is 2.64. The van der Waals surface area contributed by atoms with E-state index in [0.29, 0.717) is 10.2 Å². The Morgan fingerprint density at radius 1 is 1.03 bits per heavy atom. The van der Waals surface area contributed by atoms with Crippen molar-refractivity contribution in [2.45, 2.75) is 20.1 Å². The number of nitrogens with zero attached hydrogens (tertiary/aromatic N) is 1. The summed E-state index contributed by atoms with van der Waals surface area (Å²) in [6, 6.07) is 18.8. The van der Waals surface area contributed by atoms with E-state index in [0.717, 1.165) is 22.3 Å². The number of halogens is 2. The molecule has 0 aromatic heterocycles. The largest absolute Gasteiger partial charge is 0.488 e. The van der Waals surface area contributed by atoms with Crippen LogP contribution in [0.25, 0.3) is 6.08 Å². The summed E-state index contributed by atoms with van der Waals surface area (Å²) in [6.07, 6.45) is 1.62. The van der Waals surface area contributed by atoms with Crippen molar-refractivity contribution in [1.82, 2.24) is 10.2 Å². The molecule has 0 aliphatic carbocycles. The van der Waals surface area contributed by atoms with Crippen LogP contribution in [0.4, 0.5) is 9.18 Å². The lowest BCUT2D eigenvalue weighted by Gasteiger charge is -2.12. The molecule has 1 fully saturated rings. The van der Waals surface area contributed by atoms with Crippen LogP contribution >= 0.6 is 15.9 Å². The van der Waals surface area contributed by atoms with E-state index in [1.54, 1.807) is 36.4 Å². The number of hydrogen-bond acceptors (Lipinski definition) is 3. The Hall–Kier alpha value is -3.45. The number of nitrogens with one attached hydrogen (secondary N) is 1. The third kappa shape index (κ3) is 5.06. The second-order valence-corrected chi connectivity index (χ2v) is 8.33. The highest BCUT2D eigenvalue weighted by molar-refractivity contribution is 9.10. The van der Waals surface area contributed by atoms with E-state index in [2.05, 4.69) is 21.2 Å². The van der Waals surface area contributed by atoms with Gasteiger partial charge in [0.25, 0.3) is 5.91 Å². The third-order valence-corrected chi connectivity index (χ3v) is 5.56. The summed E-state index contributed by atoms with van der Waals surface area (Å²) in [5.74, 6) is -0.106. The summed E-state index contributed by atoms with van der Waals surface area (Å²) in [6.45, 7) is 2.39. The molecule has 0 atom stereocenters. The standard InChI is InChI=1S/C25H20BrFN2O3/c1-16-4-2-5-18(10-16)14-29-24(30)22(28-25(29)31)13-17-8-9-23(21(26)12-17)32-15-19-6-3-7-20(27)11-19/h2-13H,14-15H2,1H3,(H,28,31)/b22-13+. The van der Waals surface area contributed by atoms with Crippen LogP contribution in [0.1, 0.15) is 22.3 Å². The van der Waals surface area contributed by atoms with Crippen molar-refractivity contribution in [3.63, 3.8) is 0 Å². The van der Waals surface area contributed by atoms with Gasteiger partial charge in [0.15, 0.2) is 0 Å². The van der Waals surface area contributed by atoms with Gasteiger partial charge in [-0.3, -0.25) is 9.69 Å². The van der Waals surface area contributed by atoms with Crippen LogP contribution in [0.5, 0.6) is 5.75 Å². The van der Waals surface area contributed by atoms with Crippen LogP contribution in [-0.4, -0.2) is 16.8 Å². The zero-order valence-electron chi connectivity index (χ0n) is 17.3. The van der Waals surface area contributed by atoms with Crippen LogP contribution in [0, 0.1) is 12.7 Å². The number of ether oxygens (including phenoxy) is 1. The Labute approximate surface area is 193 Å². The van der Waals surface area contributed by atoms with Crippen LogP contribution in [0.3, 0.4) is 0 Å². The van der Waals surface area contributed by atoms with E-state index >= 15 is 0 Å². The molecule has 5 nitrogen and oxygen atoms in total. The van der Waals surface area contributed by atoms with Gasteiger partial charge in [-0.05, 0) is 69.9 Å². The highest BCUT2D eigenvalue weighted by atomic mass is 79.9. The second kappa shape index (κ2) is 9.36. The van der Waals surface area contributed by atoms with Gasteiger partial charge in [-0.2, -0.15) is 0 Å². The number of amides is 3. The van der Waals surface area contributed by atoms with Crippen LogP contribution < -0.4 is 10.1 Å². The zero-order chi connectivity index (χ0) is 22.7. The first-order valence-electron chi connectivity index (χ1n) is 9.96. The zero-order valence-corrected chi connectivity index (χ0v) is 18.9. The van der Waals surface area contributed by atoms with Crippen LogP contribution in [0.15, 0.2) is 76.9 Å². The predicted molar refractivity (Wildman–Crippen MR) is 123 cm³/mol. The van der Waals surface area contributed by atoms with Gasteiger partial charge in [0.2, 0.25) is 0 Å². The van der Waals surface area contributed by atoms with Gasteiger partial charge in [0, 0.05) is 0 Å². The van der Waals surface area contributed by atoms with Crippen molar-refractivity contribution < 1.29 is 18.7 Å². The Bertz CT molecular complexity index is 1230. The number of aryl methyl sites for hydroxylation is 1. The van der Waals surface area contributed by atoms with Crippen molar-refractivity contribution in [1.29, 1.82) is 0 Å². The van der Waals surface area contributed by atoms with E-state index < -0.39 is 6.03 Å². The molecule has 0 unspecified atom stereocenters. The quantitative estimate of drug-likeness (QED) is 0.360. The topological polar surface area (TPSA) is 58.6 Å². The van der Waals surface area contributed by atoms with Gasteiger partial charge in [0.1, 0.15) is 23.9 Å². The molecule has 0 radical (unpaired) electrons. The maximum Gasteiger partial charge on any atom is 0.329 e. The van der Waals surface area contributed by atoms with E-state index in [9.17, 15) is 14.0 Å². The fraction of sp³-hybridized carbons (Fsp3) is 0.120. The molecule has 1 saturated heterocycles. The Balaban J connectivity index is 1.45. The molecule has 3 aromatic carbocycles. The predicted octanol–water partition coefficient (Wildman–Crippen LogP) is 5.57. The maximum atomic E-state index is 13.3. The minimum absolute atomic E-state index is 0.209. The normalized spacial score (nSPS) is 14.7. The monoisotopic (exact) mass is 494 g/mol. The molecule has 0 saturated carbocycles. The molecule has 7 heteroatoms. The first-order valence-corrected chi connectivity index (χ1v) is 10.8. The van der Waals surface area contributed by atoms with Crippen molar-refractivity contribution in [3.8, 4) is 5.75 Å². The lowest BCUT2D eigenvalue weighted by molar-refractivity contribution is -0.123. The van der Waals surface area contributed by atoms with Gasteiger partial charge >= 0.3 is 6.03 Å². The van der Waals surface area contributed by atoms with Crippen LogP contribution in [-0.2, 0) is 17.9 Å². The number of urea groups is 1. The molecule has 3 aromatic rings. The summed E-state index contributed by atoms with van der Waals surface area (Å²) in [5.41, 5.74) is 3.60. The smallest absolute Gasteiger partial charge is 0.329 e. The van der Waals surface area contributed by atoms with Gasteiger partial charge in [-0.15, -0.1) is 0 Å². The number of rotatable bonds is 6. The first kappa shape index (κ1) is 21.8. The first-order chi connectivity index (χ1) is 15.4. The van der Waals surface area contributed by atoms with E-state index in [1.807, 2.05) is 31.2 Å². The van der Waals surface area contributed by atoms with Crippen molar-refractivity contribution in [3.05, 3.63) is 105 Å². The Morgan fingerprint density at radius 2 is 1.81 bits per heavy atom. The second-order valence-electron chi connectivity index (χ2n) is 7.48. The SMILES string of the molecule is Cc1cccc(CN2C(=O)N/C(=C/c3ccc(OCc4cccc(F)c4)c(Br)c3)C2=O)c1. The average molecular weight is 495 g/mol. The highest BCUT2D eigenvalue weighted by Gasteiger charge is 2.33. The summed E-state index contributed by atoms with van der Waals surface area (Å²) in [4.78, 5) is 26.3. The molecule has 3 amide bonds. The molecule has 1 aliphatic heterocycles. The molecule has 4 rings (SSSR count). The van der Waals surface area contributed by atoms with Crippen molar-refractivity contribution in [2.75, 3.05) is 0 Å². The molecule has 1 N–H and O–H groups in total. The van der Waals surface area contributed by atoms with E-state index in [1.165, 1.54) is 17.0 Å². The fourth-order valence-corrected chi connectivity index (χ4v) is 3.90. The van der Waals surface area contributed by atoms with E-state index in [4.69, 9.17) is 4.74 Å². The molecular weight excluding hydrogens is 475 g/mol. The molecule has 1 heterocycles. The van der Waals surface area contributed by atoms with Gasteiger partial charge in [-0.25, -0.2) is 9.18 Å². The van der Waals surface area contributed by atoms with E-state index in [-0.39, 0.29) is 30.6 Å². The number of benzene rings is 3. The summed E-state index contributed by atoms with van der Waals surface area (Å²) >= 11 is 3.46. The third-order valence-electron chi connectivity index (χ3n) is 4.94. The van der Waals surface area contributed by atoms with Crippen LogP contribution in [0.2, 0.25) is 0 Å². The molecule has 1 aliphatic rings. The number of imide groups is 1. The Morgan fingerprint density at radius 3 is 2.56 bits per heavy atom. The molecule has 32 heavy (non-hydrogen) atoms. The summed E-state index contributed by atoms with van der Waals surface area (Å²) < 4.78 is 19.7. The molecule has 0 spiro atoms. The van der Waals surface area contributed by atoms with Crippen molar-refractivity contribution >= 4 is 33.9 Å². The Kier molecular flexibility index (Phi) is 6.37. The molecular formula is C25H20BrFN2O3. The average Bonchev–Trinajstić information content (AvgIpc) is 3.01. The number of hydrogen-bond donors (Lipinski definition) is 1. The fourth-order valence-electron chi connectivity index (χ4n) is 3.39. The maximum absolute atomic E-state index is 13.3.